The average molecular weight is 417 g/mol. The summed E-state index contributed by atoms with van der Waals surface area (Å²) in [5.74, 6) is -0.127. The Kier molecular flexibility index (Phi) is 6.18. The highest BCUT2D eigenvalue weighted by Gasteiger charge is 2.44. The zero-order valence-corrected chi connectivity index (χ0v) is 17.2. The normalized spacial score (nSPS) is 19.9. The molecule has 2 aliphatic heterocycles. The second-order valence-corrected chi connectivity index (χ2v) is 8.33. The monoisotopic (exact) mass is 416 g/mol. The lowest BCUT2D eigenvalue weighted by Crippen LogP contribution is -2.55. The molecule has 154 valence electrons. The Morgan fingerprint density at radius 3 is 2.21 bits per heavy atom. The van der Waals surface area contributed by atoms with Crippen molar-refractivity contribution in [2.24, 2.45) is 0 Å². The van der Waals surface area contributed by atoms with Crippen LogP contribution in [0.1, 0.15) is 24.0 Å². The minimum atomic E-state index is -0.607. The predicted molar refractivity (Wildman–Crippen MR) is 111 cm³/mol. The third kappa shape index (κ3) is 4.47. The fourth-order valence-electron chi connectivity index (χ4n) is 4.37. The lowest BCUT2D eigenvalue weighted by atomic mass is 9.73. The van der Waals surface area contributed by atoms with Gasteiger partial charge in [-0.3, -0.25) is 9.69 Å². The van der Waals surface area contributed by atoms with Gasteiger partial charge in [0, 0.05) is 51.0 Å². The zero-order chi connectivity index (χ0) is 20.3. The highest BCUT2D eigenvalue weighted by atomic mass is 35.5. The molecule has 0 aliphatic carbocycles. The van der Waals surface area contributed by atoms with Gasteiger partial charge in [-0.15, -0.1) is 0 Å². The van der Waals surface area contributed by atoms with Crippen molar-refractivity contribution in [3.05, 3.63) is 70.5 Å². The van der Waals surface area contributed by atoms with Crippen LogP contribution in [0, 0.1) is 5.82 Å². The SMILES string of the molecule is O=C(N1CCN(Cc2ccc(Cl)cc2)CC1)C1(c2ccc(F)cc2)CCOCC1. The number of hydrogen-bond acceptors (Lipinski definition) is 3. The van der Waals surface area contributed by atoms with E-state index in [1.54, 1.807) is 12.1 Å². The molecule has 0 bridgehead atoms. The molecular weight excluding hydrogens is 391 g/mol. The smallest absolute Gasteiger partial charge is 0.233 e. The molecule has 0 N–H and O–H groups in total. The molecule has 2 aromatic carbocycles. The van der Waals surface area contributed by atoms with E-state index in [4.69, 9.17) is 16.3 Å². The Labute approximate surface area is 176 Å². The highest BCUT2D eigenvalue weighted by molar-refractivity contribution is 6.30. The molecule has 2 heterocycles. The van der Waals surface area contributed by atoms with Crippen LogP contribution >= 0.6 is 11.6 Å². The molecule has 0 aromatic heterocycles. The number of nitrogens with zero attached hydrogens (tertiary/aromatic N) is 2. The topological polar surface area (TPSA) is 32.8 Å². The molecule has 2 saturated heterocycles. The van der Waals surface area contributed by atoms with Gasteiger partial charge in [0.15, 0.2) is 0 Å². The Hall–Kier alpha value is -1.95. The molecule has 29 heavy (non-hydrogen) atoms. The van der Waals surface area contributed by atoms with Crippen LogP contribution in [0.2, 0.25) is 5.02 Å². The number of hydrogen-bond donors (Lipinski definition) is 0. The maximum atomic E-state index is 13.6. The van der Waals surface area contributed by atoms with Gasteiger partial charge in [-0.2, -0.15) is 0 Å². The summed E-state index contributed by atoms with van der Waals surface area (Å²) in [5, 5.41) is 0.742. The lowest BCUT2D eigenvalue weighted by Gasteiger charge is -2.43. The molecule has 0 radical (unpaired) electrons. The van der Waals surface area contributed by atoms with E-state index in [1.165, 1.54) is 17.7 Å². The van der Waals surface area contributed by atoms with Crippen molar-refractivity contribution in [2.75, 3.05) is 39.4 Å². The summed E-state index contributed by atoms with van der Waals surface area (Å²) in [7, 11) is 0. The molecule has 0 atom stereocenters. The van der Waals surface area contributed by atoms with Crippen LogP contribution < -0.4 is 0 Å². The van der Waals surface area contributed by atoms with E-state index < -0.39 is 5.41 Å². The van der Waals surface area contributed by atoms with Crippen LogP contribution in [0.5, 0.6) is 0 Å². The zero-order valence-electron chi connectivity index (χ0n) is 16.4. The number of carbonyl (C=O) groups excluding carboxylic acids is 1. The Balaban J connectivity index is 1.44. The number of benzene rings is 2. The van der Waals surface area contributed by atoms with Gasteiger partial charge in [0.25, 0.3) is 0 Å². The van der Waals surface area contributed by atoms with E-state index in [-0.39, 0.29) is 11.7 Å². The summed E-state index contributed by atoms with van der Waals surface area (Å²) < 4.78 is 19.0. The largest absolute Gasteiger partial charge is 0.381 e. The standard InChI is InChI=1S/C23H26ClFN2O2/c24-20-5-1-18(2-6-20)17-26-11-13-27(14-12-26)22(28)23(9-15-29-16-10-23)19-3-7-21(25)8-4-19/h1-8H,9-17H2. The van der Waals surface area contributed by atoms with Gasteiger partial charge in [0.05, 0.1) is 5.41 Å². The number of ether oxygens (including phenoxy) is 1. The van der Waals surface area contributed by atoms with Gasteiger partial charge in [-0.1, -0.05) is 35.9 Å². The Bertz CT molecular complexity index is 827. The van der Waals surface area contributed by atoms with Crippen molar-refractivity contribution in [3.8, 4) is 0 Å². The van der Waals surface area contributed by atoms with E-state index in [2.05, 4.69) is 4.90 Å². The first-order chi connectivity index (χ1) is 14.1. The quantitative estimate of drug-likeness (QED) is 0.758. The lowest BCUT2D eigenvalue weighted by molar-refractivity contribution is -0.143. The highest BCUT2D eigenvalue weighted by Crippen LogP contribution is 2.37. The first-order valence-electron chi connectivity index (χ1n) is 10.2. The van der Waals surface area contributed by atoms with Crippen LogP contribution in [-0.4, -0.2) is 55.1 Å². The van der Waals surface area contributed by atoms with E-state index in [9.17, 15) is 9.18 Å². The van der Waals surface area contributed by atoms with Gasteiger partial charge in [0.1, 0.15) is 5.82 Å². The number of rotatable bonds is 4. The number of amides is 1. The van der Waals surface area contributed by atoms with Crippen LogP contribution in [0.4, 0.5) is 4.39 Å². The molecule has 2 fully saturated rings. The summed E-state index contributed by atoms with van der Waals surface area (Å²) in [6.07, 6.45) is 1.28. The molecule has 0 unspecified atom stereocenters. The fraction of sp³-hybridized carbons (Fsp3) is 0.435. The minimum absolute atomic E-state index is 0.151. The summed E-state index contributed by atoms with van der Waals surface area (Å²) >= 11 is 5.97. The summed E-state index contributed by atoms with van der Waals surface area (Å²) in [6.45, 7) is 5.05. The van der Waals surface area contributed by atoms with Crippen LogP contribution in [0.25, 0.3) is 0 Å². The van der Waals surface area contributed by atoms with Gasteiger partial charge in [0.2, 0.25) is 5.91 Å². The van der Waals surface area contributed by atoms with E-state index in [1.807, 2.05) is 29.2 Å². The number of halogens is 2. The first kappa shape index (κ1) is 20.3. The van der Waals surface area contributed by atoms with Crippen molar-refractivity contribution >= 4 is 17.5 Å². The molecule has 6 heteroatoms. The van der Waals surface area contributed by atoms with Crippen molar-refractivity contribution in [2.45, 2.75) is 24.8 Å². The first-order valence-corrected chi connectivity index (χ1v) is 10.5. The van der Waals surface area contributed by atoms with Crippen LogP contribution in [0.3, 0.4) is 0 Å². The van der Waals surface area contributed by atoms with Crippen molar-refractivity contribution < 1.29 is 13.9 Å². The summed E-state index contributed by atoms with van der Waals surface area (Å²) in [4.78, 5) is 17.9. The second kappa shape index (κ2) is 8.82. The predicted octanol–water partition coefficient (Wildman–Crippen LogP) is 3.87. The third-order valence-corrected chi connectivity index (χ3v) is 6.38. The molecular formula is C23H26ClFN2O2. The van der Waals surface area contributed by atoms with Gasteiger partial charge in [-0.25, -0.2) is 4.39 Å². The van der Waals surface area contributed by atoms with E-state index in [0.29, 0.717) is 39.1 Å². The molecule has 4 rings (SSSR count). The van der Waals surface area contributed by atoms with Gasteiger partial charge >= 0.3 is 0 Å². The summed E-state index contributed by atoms with van der Waals surface area (Å²) in [6, 6.07) is 14.3. The molecule has 2 aliphatic rings. The van der Waals surface area contributed by atoms with Gasteiger partial charge < -0.3 is 9.64 Å². The third-order valence-electron chi connectivity index (χ3n) is 6.13. The Morgan fingerprint density at radius 1 is 0.966 bits per heavy atom. The van der Waals surface area contributed by atoms with Crippen molar-refractivity contribution in [3.63, 3.8) is 0 Å². The van der Waals surface area contributed by atoms with Crippen LogP contribution in [0.15, 0.2) is 48.5 Å². The molecule has 1 amide bonds. The van der Waals surface area contributed by atoms with Crippen molar-refractivity contribution in [1.29, 1.82) is 0 Å². The molecule has 0 saturated carbocycles. The Morgan fingerprint density at radius 2 is 1.59 bits per heavy atom. The average Bonchev–Trinajstić information content (AvgIpc) is 2.76. The second-order valence-electron chi connectivity index (χ2n) is 7.90. The van der Waals surface area contributed by atoms with Crippen molar-refractivity contribution in [1.82, 2.24) is 9.80 Å². The molecule has 2 aromatic rings. The molecule has 0 spiro atoms. The van der Waals surface area contributed by atoms with Crippen LogP contribution in [-0.2, 0) is 21.5 Å². The fourth-order valence-corrected chi connectivity index (χ4v) is 4.50. The van der Waals surface area contributed by atoms with E-state index in [0.717, 1.165) is 30.2 Å². The van der Waals surface area contributed by atoms with Gasteiger partial charge in [-0.05, 0) is 48.2 Å². The molecule has 4 nitrogen and oxygen atoms in total. The minimum Gasteiger partial charge on any atom is -0.381 e. The van der Waals surface area contributed by atoms with E-state index >= 15 is 0 Å². The number of carbonyl (C=O) groups is 1. The summed E-state index contributed by atoms with van der Waals surface area (Å²) in [5.41, 5.74) is 1.52. The maximum absolute atomic E-state index is 13.6. The maximum Gasteiger partial charge on any atom is 0.233 e. The number of piperazine rings is 1.